The Morgan fingerprint density at radius 1 is 1.00 bits per heavy atom. The second kappa shape index (κ2) is 8.98. The first-order valence-corrected chi connectivity index (χ1v) is 11.5. The molecule has 0 spiro atoms. The van der Waals surface area contributed by atoms with Crippen molar-refractivity contribution in [1.82, 2.24) is 4.90 Å². The molecule has 1 fully saturated rings. The maximum absolute atomic E-state index is 13.0. The van der Waals surface area contributed by atoms with Gasteiger partial charge in [0, 0.05) is 24.3 Å². The first kappa shape index (κ1) is 21.1. The zero-order valence-electron chi connectivity index (χ0n) is 18.7. The molecule has 6 heteroatoms. The lowest BCUT2D eigenvalue weighted by Gasteiger charge is -2.47. The van der Waals surface area contributed by atoms with E-state index in [0.29, 0.717) is 22.6 Å². The summed E-state index contributed by atoms with van der Waals surface area (Å²) in [5, 5.41) is 2.95. The number of hydrogen-bond donors (Lipinski definition) is 1. The molecule has 3 aromatic carbocycles. The molecular formula is C27H27N3O3. The molecule has 6 nitrogen and oxygen atoms in total. The molecule has 168 valence electrons. The van der Waals surface area contributed by atoms with Crippen molar-refractivity contribution in [2.75, 3.05) is 23.3 Å². The maximum Gasteiger partial charge on any atom is 0.257 e. The third kappa shape index (κ3) is 4.16. The largest absolute Gasteiger partial charge is 0.457 e. The van der Waals surface area contributed by atoms with E-state index in [1.54, 1.807) is 12.1 Å². The van der Waals surface area contributed by atoms with Gasteiger partial charge in [-0.2, -0.15) is 0 Å². The molecule has 0 unspecified atom stereocenters. The van der Waals surface area contributed by atoms with Crippen molar-refractivity contribution in [2.45, 2.75) is 32.4 Å². The summed E-state index contributed by atoms with van der Waals surface area (Å²) in [4.78, 5) is 30.2. The fourth-order valence-electron chi connectivity index (χ4n) is 4.70. The van der Waals surface area contributed by atoms with E-state index in [9.17, 15) is 9.59 Å². The fraction of sp³-hybridized carbons (Fsp3) is 0.259. The van der Waals surface area contributed by atoms with Gasteiger partial charge >= 0.3 is 0 Å². The predicted molar refractivity (Wildman–Crippen MR) is 129 cm³/mol. The maximum atomic E-state index is 13.0. The Hall–Kier alpha value is -3.80. The van der Waals surface area contributed by atoms with E-state index in [1.165, 1.54) is 0 Å². The predicted octanol–water partition coefficient (Wildman–Crippen LogP) is 5.52. The van der Waals surface area contributed by atoms with Crippen LogP contribution >= 0.6 is 0 Å². The van der Waals surface area contributed by atoms with Gasteiger partial charge in [-0.3, -0.25) is 9.59 Å². The molecule has 33 heavy (non-hydrogen) atoms. The standard InChI is InChI=1S/C27H27N3O3/c1-2-29-24-18-19(11-16-23(24)27(32)30-17-7-6-10-25(29)30)26(31)28-20-12-14-22(15-13-20)33-21-8-4-3-5-9-21/h3-5,8-9,11-16,18,25H,2,6-7,10,17H2,1H3,(H,28,31)/t25-/m0/s1. The van der Waals surface area contributed by atoms with Gasteiger partial charge < -0.3 is 19.9 Å². The number of fused-ring (bicyclic) bond motifs is 2. The zero-order valence-corrected chi connectivity index (χ0v) is 18.7. The number of rotatable bonds is 5. The summed E-state index contributed by atoms with van der Waals surface area (Å²) in [6.45, 7) is 3.68. The van der Waals surface area contributed by atoms with Crippen LogP contribution in [0.4, 0.5) is 11.4 Å². The summed E-state index contributed by atoms with van der Waals surface area (Å²) in [7, 11) is 0. The van der Waals surface area contributed by atoms with E-state index in [2.05, 4.69) is 17.1 Å². The van der Waals surface area contributed by atoms with Crippen molar-refractivity contribution >= 4 is 23.2 Å². The van der Waals surface area contributed by atoms with Crippen molar-refractivity contribution in [3.05, 3.63) is 83.9 Å². The lowest BCUT2D eigenvalue weighted by atomic mass is 9.97. The molecule has 2 aliphatic heterocycles. The van der Waals surface area contributed by atoms with E-state index in [-0.39, 0.29) is 18.0 Å². The molecule has 0 bridgehead atoms. The van der Waals surface area contributed by atoms with Gasteiger partial charge in [-0.1, -0.05) is 18.2 Å². The Bertz CT molecular complexity index is 1160. The molecule has 2 aliphatic rings. The van der Waals surface area contributed by atoms with E-state index in [1.807, 2.05) is 65.6 Å². The second-order valence-corrected chi connectivity index (χ2v) is 8.39. The average Bonchev–Trinajstić information content (AvgIpc) is 2.86. The molecule has 5 rings (SSSR count). The number of nitrogens with zero attached hydrogens (tertiary/aromatic N) is 2. The van der Waals surface area contributed by atoms with Gasteiger partial charge in [-0.25, -0.2) is 0 Å². The summed E-state index contributed by atoms with van der Waals surface area (Å²) in [5.74, 6) is 1.32. The van der Waals surface area contributed by atoms with Gasteiger partial charge in [0.2, 0.25) is 0 Å². The lowest BCUT2D eigenvalue weighted by molar-refractivity contribution is 0.0582. The van der Waals surface area contributed by atoms with Crippen LogP contribution in [0.2, 0.25) is 0 Å². The average molecular weight is 442 g/mol. The van der Waals surface area contributed by atoms with E-state index >= 15 is 0 Å². The summed E-state index contributed by atoms with van der Waals surface area (Å²) in [6.07, 6.45) is 3.21. The lowest BCUT2D eigenvalue weighted by Crippen LogP contribution is -2.57. The Morgan fingerprint density at radius 3 is 2.52 bits per heavy atom. The zero-order chi connectivity index (χ0) is 22.8. The van der Waals surface area contributed by atoms with Crippen molar-refractivity contribution in [3.8, 4) is 11.5 Å². The van der Waals surface area contributed by atoms with Crippen LogP contribution in [0.5, 0.6) is 11.5 Å². The third-order valence-corrected chi connectivity index (χ3v) is 6.32. The number of carbonyl (C=O) groups is 2. The second-order valence-electron chi connectivity index (χ2n) is 8.39. The summed E-state index contributed by atoms with van der Waals surface area (Å²) < 4.78 is 5.81. The van der Waals surface area contributed by atoms with Crippen LogP contribution in [0.25, 0.3) is 0 Å². The van der Waals surface area contributed by atoms with Crippen LogP contribution in [0.3, 0.4) is 0 Å². The molecule has 1 saturated heterocycles. The molecule has 1 atom stereocenters. The fourth-order valence-corrected chi connectivity index (χ4v) is 4.70. The van der Waals surface area contributed by atoms with Crippen LogP contribution < -0.4 is 15.0 Å². The number of para-hydroxylation sites is 1. The topological polar surface area (TPSA) is 61.9 Å². The Labute approximate surface area is 193 Å². The Balaban J connectivity index is 1.33. The number of amides is 2. The number of hydrogen-bond acceptors (Lipinski definition) is 4. The SMILES string of the molecule is CCN1c2cc(C(=O)Nc3ccc(Oc4ccccc4)cc3)ccc2C(=O)N2CCCC[C@H]21. The minimum Gasteiger partial charge on any atom is -0.457 e. The summed E-state index contributed by atoms with van der Waals surface area (Å²) in [5.41, 5.74) is 2.74. The van der Waals surface area contributed by atoms with Crippen molar-refractivity contribution in [2.24, 2.45) is 0 Å². The van der Waals surface area contributed by atoms with E-state index < -0.39 is 0 Å². The van der Waals surface area contributed by atoms with Crippen LogP contribution in [0.15, 0.2) is 72.8 Å². The summed E-state index contributed by atoms with van der Waals surface area (Å²) in [6, 6.07) is 22.2. The van der Waals surface area contributed by atoms with Crippen molar-refractivity contribution < 1.29 is 14.3 Å². The van der Waals surface area contributed by atoms with Crippen molar-refractivity contribution in [3.63, 3.8) is 0 Å². The molecule has 3 aromatic rings. The quantitative estimate of drug-likeness (QED) is 0.566. The Kier molecular flexibility index (Phi) is 5.73. The molecule has 0 aliphatic carbocycles. The van der Waals surface area contributed by atoms with E-state index in [0.717, 1.165) is 43.8 Å². The number of benzene rings is 3. The highest BCUT2D eigenvalue weighted by atomic mass is 16.5. The smallest absolute Gasteiger partial charge is 0.257 e. The molecule has 0 aromatic heterocycles. The Morgan fingerprint density at radius 2 is 1.76 bits per heavy atom. The van der Waals surface area contributed by atoms with Gasteiger partial charge in [-0.05, 0) is 80.8 Å². The number of nitrogens with one attached hydrogen (secondary N) is 1. The number of anilines is 2. The van der Waals surface area contributed by atoms with Gasteiger partial charge in [0.05, 0.1) is 11.3 Å². The first-order valence-electron chi connectivity index (χ1n) is 11.5. The van der Waals surface area contributed by atoms with Gasteiger partial charge in [0.25, 0.3) is 11.8 Å². The highest BCUT2D eigenvalue weighted by Gasteiger charge is 2.38. The van der Waals surface area contributed by atoms with E-state index in [4.69, 9.17) is 4.74 Å². The summed E-state index contributed by atoms with van der Waals surface area (Å²) >= 11 is 0. The monoisotopic (exact) mass is 441 g/mol. The van der Waals surface area contributed by atoms with Crippen LogP contribution in [0, 0.1) is 0 Å². The highest BCUT2D eigenvalue weighted by Crippen LogP contribution is 2.36. The molecule has 0 saturated carbocycles. The van der Waals surface area contributed by atoms with Gasteiger partial charge in [-0.15, -0.1) is 0 Å². The minimum atomic E-state index is -0.205. The molecule has 0 radical (unpaired) electrons. The molecule has 2 amide bonds. The van der Waals surface area contributed by atoms with Crippen LogP contribution in [0.1, 0.15) is 46.9 Å². The van der Waals surface area contributed by atoms with Gasteiger partial charge in [0.1, 0.15) is 17.7 Å². The highest BCUT2D eigenvalue weighted by molar-refractivity contribution is 6.08. The van der Waals surface area contributed by atoms with Crippen LogP contribution in [-0.2, 0) is 0 Å². The molecule has 2 heterocycles. The normalized spacial score (nSPS) is 17.2. The van der Waals surface area contributed by atoms with Crippen LogP contribution in [-0.4, -0.2) is 36.0 Å². The number of piperidine rings is 1. The van der Waals surface area contributed by atoms with Gasteiger partial charge in [0.15, 0.2) is 0 Å². The molecule has 1 N–H and O–H groups in total. The number of ether oxygens (including phenoxy) is 1. The minimum absolute atomic E-state index is 0.0698. The van der Waals surface area contributed by atoms with Crippen molar-refractivity contribution in [1.29, 1.82) is 0 Å². The first-order chi connectivity index (χ1) is 16.1. The third-order valence-electron chi connectivity index (χ3n) is 6.32. The molecular weight excluding hydrogens is 414 g/mol. The number of carbonyl (C=O) groups excluding carboxylic acids is 2.